The first kappa shape index (κ1) is 49.9. The molecule has 0 heterocycles. The van der Waals surface area contributed by atoms with Gasteiger partial charge in [-0.05, 0) is 128 Å². The van der Waals surface area contributed by atoms with E-state index >= 15 is 0 Å². The summed E-state index contributed by atoms with van der Waals surface area (Å²) in [6.45, 7) is 18.9. The molecule has 0 unspecified atom stereocenters. The van der Waals surface area contributed by atoms with Crippen molar-refractivity contribution in [3.05, 3.63) is 124 Å². The van der Waals surface area contributed by atoms with Crippen molar-refractivity contribution in [1.29, 1.82) is 0 Å². The number of aromatic carboxylic acids is 2. The second-order valence-electron chi connectivity index (χ2n) is 16.5. The van der Waals surface area contributed by atoms with Gasteiger partial charge in [0.25, 0.3) is 0 Å². The van der Waals surface area contributed by atoms with Crippen LogP contribution < -0.4 is 16.1 Å². The van der Waals surface area contributed by atoms with Gasteiger partial charge in [-0.15, -0.1) is 0 Å². The summed E-state index contributed by atoms with van der Waals surface area (Å²) < 4.78 is 0. The van der Waals surface area contributed by atoms with E-state index in [2.05, 4.69) is 88.6 Å². The number of carbonyl (C=O) groups is 4. The number of nitrogens with one attached hydrogen (secondary N) is 2. The van der Waals surface area contributed by atoms with Gasteiger partial charge < -0.3 is 25.9 Å². The van der Waals surface area contributed by atoms with E-state index < -0.39 is 11.9 Å². The molecule has 4 aromatic carbocycles. The Labute approximate surface area is 353 Å². The molecular weight excluding hydrogens is 739 g/mol. The number of ketones is 2. The molecule has 0 aliphatic heterocycles. The molecule has 318 valence electrons. The first-order valence-electron chi connectivity index (χ1n) is 20.5. The quantitative estimate of drug-likeness (QED) is 0.0619. The van der Waals surface area contributed by atoms with Crippen LogP contribution in [0.3, 0.4) is 0 Å². The lowest BCUT2D eigenvalue weighted by Gasteiger charge is -2.31. The van der Waals surface area contributed by atoms with Gasteiger partial charge in [0.1, 0.15) is 0 Å². The van der Waals surface area contributed by atoms with Crippen LogP contribution in [0.25, 0.3) is 0 Å². The molecule has 5 N–H and O–H groups in total. The molecule has 4 aromatic rings. The Balaban J connectivity index is 0.000000318. The average molecular weight is 807 g/mol. The van der Waals surface area contributed by atoms with Crippen LogP contribution in [-0.2, 0) is 6.54 Å². The third-order valence-electron chi connectivity index (χ3n) is 10.8. The van der Waals surface area contributed by atoms with Crippen LogP contribution in [-0.4, -0.2) is 52.2 Å². The van der Waals surface area contributed by atoms with Gasteiger partial charge in [-0.1, -0.05) is 104 Å². The van der Waals surface area contributed by atoms with Gasteiger partial charge in [0, 0.05) is 35.6 Å². The number of carboxylic acids is 2. The van der Waals surface area contributed by atoms with E-state index in [1.165, 1.54) is 68.9 Å². The Morgan fingerprint density at radius 3 is 1.41 bits per heavy atom. The normalized spacial score (nSPS) is 14.5. The number of hydrogen-bond donors (Lipinski definition) is 5. The van der Waals surface area contributed by atoms with E-state index in [-0.39, 0.29) is 37.0 Å². The van der Waals surface area contributed by atoms with Crippen molar-refractivity contribution in [3.63, 3.8) is 0 Å². The standard InChI is InChI=1S/C19H27NO3.C19H21NO3.C10H15BO.CH4/c2*1-12(2)15-6-4-14(5-7-15)11-20-18-9-16(13(3)21)8-17(10-18)19(22)23;1-8(2)9-4-6-10(7-5-9)11(3)12;/h8-10,12,14-15,20H,4-7,11H2,1-3H3,(H,22,23);4-10,12,20H,11H2,1-3H3,(H,22,23);4-8,12H,1-3H3;1H4. The van der Waals surface area contributed by atoms with Crippen LogP contribution in [0.5, 0.6) is 0 Å². The summed E-state index contributed by atoms with van der Waals surface area (Å²) in [6.07, 6.45) is 4.98. The van der Waals surface area contributed by atoms with E-state index in [0.29, 0.717) is 41.1 Å². The summed E-state index contributed by atoms with van der Waals surface area (Å²) >= 11 is 0. The minimum atomic E-state index is -1.04. The van der Waals surface area contributed by atoms with Crippen LogP contribution in [0.2, 0.25) is 6.82 Å². The van der Waals surface area contributed by atoms with Gasteiger partial charge in [0.2, 0.25) is 0 Å². The Kier molecular flexibility index (Phi) is 20.3. The van der Waals surface area contributed by atoms with E-state index in [9.17, 15) is 29.3 Å². The third-order valence-corrected chi connectivity index (χ3v) is 10.8. The lowest BCUT2D eigenvalue weighted by atomic mass is 9.64. The maximum absolute atomic E-state index is 11.6. The molecule has 9 nitrogen and oxygen atoms in total. The lowest BCUT2D eigenvalue weighted by molar-refractivity contribution is 0.0686. The molecule has 0 amide bonds. The summed E-state index contributed by atoms with van der Waals surface area (Å²) in [7, 11) is 0. The molecule has 0 atom stereocenters. The van der Waals surface area contributed by atoms with Gasteiger partial charge in [0.05, 0.1) is 11.1 Å². The first-order chi connectivity index (χ1) is 27.3. The zero-order valence-electron chi connectivity index (χ0n) is 35.8. The van der Waals surface area contributed by atoms with E-state index in [0.717, 1.165) is 35.1 Å². The number of Topliss-reactive ketones (excluding diaryl/α,β-unsaturated/α-hetero) is 2. The topological polar surface area (TPSA) is 153 Å². The SMILES string of the molecule is C.CB(O)c1ccc(C(C)C)cc1.CC(=O)c1cc(NCC2CCC(C(C)C)CC2)cc(C(=O)O)c1.CC(=O)c1cc(NCc2ccc(C(C)C)cc2)cc(C(=O)O)c1. The minimum Gasteiger partial charge on any atom is -0.478 e. The third kappa shape index (κ3) is 16.5. The van der Waals surface area contributed by atoms with Crippen LogP contribution in [0.1, 0.15) is 158 Å². The fraction of sp³-hybridized carbons (Fsp3) is 0.429. The van der Waals surface area contributed by atoms with Gasteiger partial charge in [0.15, 0.2) is 11.6 Å². The zero-order valence-corrected chi connectivity index (χ0v) is 35.8. The smallest absolute Gasteiger partial charge is 0.335 e. The van der Waals surface area contributed by atoms with Crippen molar-refractivity contribution in [2.45, 2.75) is 114 Å². The Morgan fingerprint density at radius 1 is 0.627 bits per heavy atom. The van der Waals surface area contributed by atoms with Crippen molar-refractivity contribution in [2.75, 3.05) is 17.2 Å². The molecule has 1 aliphatic carbocycles. The van der Waals surface area contributed by atoms with E-state index in [4.69, 9.17) is 5.11 Å². The van der Waals surface area contributed by atoms with Gasteiger partial charge in [-0.2, -0.15) is 0 Å². The predicted molar refractivity (Wildman–Crippen MR) is 244 cm³/mol. The number of benzene rings is 4. The maximum atomic E-state index is 11.6. The number of hydrogen-bond acceptors (Lipinski definition) is 7. The number of anilines is 2. The number of carboxylic acid groups (broad SMARTS) is 2. The molecule has 1 saturated carbocycles. The molecule has 0 aromatic heterocycles. The van der Waals surface area contributed by atoms with Crippen LogP contribution >= 0.6 is 0 Å². The molecule has 10 heteroatoms. The molecule has 0 spiro atoms. The molecule has 0 radical (unpaired) electrons. The Morgan fingerprint density at radius 2 is 1.03 bits per heavy atom. The Hall–Kier alpha value is -5.22. The van der Waals surface area contributed by atoms with Gasteiger partial charge in [-0.3, -0.25) is 9.59 Å². The molecule has 0 bridgehead atoms. The molecule has 59 heavy (non-hydrogen) atoms. The van der Waals surface area contributed by atoms with Gasteiger partial charge in [-0.25, -0.2) is 9.59 Å². The maximum Gasteiger partial charge on any atom is 0.335 e. The van der Waals surface area contributed by atoms with Crippen molar-refractivity contribution in [1.82, 2.24) is 0 Å². The minimum absolute atomic E-state index is 0. The highest BCUT2D eigenvalue weighted by atomic mass is 16.4. The summed E-state index contributed by atoms with van der Waals surface area (Å²) in [5.74, 6) is 0.951. The monoisotopic (exact) mass is 807 g/mol. The summed E-state index contributed by atoms with van der Waals surface area (Å²) in [6, 6.07) is 25.8. The molecule has 5 rings (SSSR count). The summed E-state index contributed by atoms with van der Waals surface area (Å²) in [5, 5.41) is 34.1. The van der Waals surface area contributed by atoms with Crippen molar-refractivity contribution >= 4 is 47.3 Å². The first-order valence-corrected chi connectivity index (χ1v) is 20.5. The highest BCUT2D eigenvalue weighted by molar-refractivity contribution is 6.64. The highest BCUT2D eigenvalue weighted by Crippen LogP contribution is 2.33. The molecular formula is C49H67BN2O7. The van der Waals surface area contributed by atoms with E-state index in [1.54, 1.807) is 25.0 Å². The second-order valence-corrected chi connectivity index (χ2v) is 16.5. The second kappa shape index (κ2) is 24.0. The predicted octanol–water partition coefficient (Wildman–Crippen LogP) is 11.1. The Bertz CT molecular complexity index is 1870. The average Bonchev–Trinajstić information content (AvgIpc) is 3.19. The van der Waals surface area contributed by atoms with Crippen molar-refractivity contribution in [2.24, 2.45) is 17.8 Å². The number of carbonyl (C=O) groups excluding carboxylic acids is 2. The molecule has 1 aliphatic rings. The molecule has 0 saturated heterocycles. The van der Waals surface area contributed by atoms with Gasteiger partial charge >= 0.3 is 18.9 Å². The highest BCUT2D eigenvalue weighted by Gasteiger charge is 2.23. The van der Waals surface area contributed by atoms with Crippen molar-refractivity contribution < 1.29 is 34.4 Å². The van der Waals surface area contributed by atoms with Crippen molar-refractivity contribution in [3.8, 4) is 0 Å². The van der Waals surface area contributed by atoms with Crippen LogP contribution in [0.4, 0.5) is 11.4 Å². The molecule has 1 fully saturated rings. The van der Waals surface area contributed by atoms with Crippen LogP contribution in [0, 0.1) is 17.8 Å². The number of rotatable bonds is 14. The summed E-state index contributed by atoms with van der Waals surface area (Å²) in [5.41, 5.74) is 7.13. The summed E-state index contributed by atoms with van der Waals surface area (Å²) in [4.78, 5) is 45.4. The largest absolute Gasteiger partial charge is 0.478 e. The fourth-order valence-corrected chi connectivity index (χ4v) is 6.82. The van der Waals surface area contributed by atoms with Crippen LogP contribution in [0.15, 0.2) is 84.9 Å². The zero-order chi connectivity index (χ0) is 43.1. The lowest BCUT2D eigenvalue weighted by Crippen LogP contribution is -2.25. The van der Waals surface area contributed by atoms with E-state index in [1.807, 2.05) is 12.1 Å². The fourth-order valence-electron chi connectivity index (χ4n) is 6.82.